The van der Waals surface area contributed by atoms with E-state index in [1.165, 1.54) is 0 Å². The predicted molar refractivity (Wildman–Crippen MR) is 101 cm³/mol. The Morgan fingerprint density at radius 3 is 2.77 bits per heavy atom. The summed E-state index contributed by atoms with van der Waals surface area (Å²) in [6.07, 6.45) is -0.222. The number of amides is 1. The molecule has 132 valence electrons. The average Bonchev–Trinajstić information content (AvgIpc) is 2.69. The van der Waals surface area contributed by atoms with Crippen LogP contribution < -0.4 is 5.43 Å². The Morgan fingerprint density at radius 2 is 1.96 bits per heavy atom. The second-order valence-electron chi connectivity index (χ2n) is 6.11. The van der Waals surface area contributed by atoms with Crippen LogP contribution in [0.3, 0.4) is 0 Å². The number of carbonyl (C=O) groups excluding carboxylic acids is 1. The Labute approximate surface area is 157 Å². The Kier molecular flexibility index (Phi) is 4.57. The normalized spacial score (nSPS) is 17.4. The smallest absolute Gasteiger partial charge is 0.278 e. The molecule has 0 aliphatic carbocycles. The largest absolute Gasteiger partial charge is 0.370 e. The molecule has 7 heteroatoms. The van der Waals surface area contributed by atoms with Gasteiger partial charge in [-0.1, -0.05) is 40.2 Å². The van der Waals surface area contributed by atoms with Gasteiger partial charge in [0, 0.05) is 16.4 Å². The molecule has 1 aromatic heterocycles. The summed E-state index contributed by atoms with van der Waals surface area (Å²) in [4.78, 5) is 27.1. The third kappa shape index (κ3) is 3.15. The number of benzene rings is 2. The number of para-hydroxylation sites is 1. The fourth-order valence-electron chi connectivity index (χ4n) is 3.08. The van der Waals surface area contributed by atoms with Gasteiger partial charge in [-0.2, -0.15) is 5.10 Å². The number of morpholine rings is 1. The number of rotatable bonds is 2. The number of nitrogens with zero attached hydrogens (tertiary/aromatic N) is 2. The molecule has 0 spiro atoms. The van der Waals surface area contributed by atoms with Gasteiger partial charge in [-0.3, -0.25) is 14.7 Å². The Hall–Kier alpha value is -2.51. The molecular formula is C19H16BrN3O3. The van der Waals surface area contributed by atoms with Crippen molar-refractivity contribution in [2.75, 3.05) is 19.7 Å². The first kappa shape index (κ1) is 16.9. The van der Waals surface area contributed by atoms with Crippen LogP contribution in [0.25, 0.3) is 10.9 Å². The van der Waals surface area contributed by atoms with E-state index in [1.807, 2.05) is 30.3 Å². The van der Waals surface area contributed by atoms with Gasteiger partial charge in [0.25, 0.3) is 5.91 Å². The molecule has 2 heterocycles. The summed E-state index contributed by atoms with van der Waals surface area (Å²) < 4.78 is 6.79. The van der Waals surface area contributed by atoms with Crippen LogP contribution in [0.5, 0.6) is 0 Å². The Bertz CT molecular complexity index is 1020. The van der Waals surface area contributed by atoms with E-state index in [-0.39, 0.29) is 23.1 Å². The highest BCUT2D eigenvalue weighted by atomic mass is 79.9. The third-order valence-electron chi connectivity index (χ3n) is 4.47. The van der Waals surface area contributed by atoms with E-state index in [1.54, 1.807) is 23.1 Å². The van der Waals surface area contributed by atoms with E-state index in [0.29, 0.717) is 30.6 Å². The van der Waals surface area contributed by atoms with Crippen molar-refractivity contribution in [2.24, 2.45) is 0 Å². The van der Waals surface area contributed by atoms with Crippen LogP contribution in [0.4, 0.5) is 0 Å². The highest BCUT2D eigenvalue weighted by molar-refractivity contribution is 9.10. The summed E-state index contributed by atoms with van der Waals surface area (Å²) in [6, 6.07) is 14.8. The maximum atomic E-state index is 12.9. The van der Waals surface area contributed by atoms with Crippen molar-refractivity contribution in [3.05, 3.63) is 74.5 Å². The summed E-state index contributed by atoms with van der Waals surface area (Å²) in [5.41, 5.74) is 1.17. The van der Waals surface area contributed by atoms with Gasteiger partial charge in [-0.25, -0.2) is 0 Å². The molecule has 1 aliphatic rings. The number of H-pyrrole nitrogens is 1. The summed E-state index contributed by atoms with van der Waals surface area (Å²) >= 11 is 3.41. The van der Waals surface area contributed by atoms with Crippen LogP contribution in [0.2, 0.25) is 0 Å². The number of aromatic nitrogens is 2. The molecule has 1 amide bonds. The third-order valence-corrected chi connectivity index (χ3v) is 5.00. The zero-order valence-electron chi connectivity index (χ0n) is 13.8. The molecular weight excluding hydrogens is 398 g/mol. The quantitative estimate of drug-likeness (QED) is 0.700. The highest BCUT2D eigenvalue weighted by Crippen LogP contribution is 2.24. The number of aromatic amines is 1. The molecule has 1 fully saturated rings. The van der Waals surface area contributed by atoms with Crippen molar-refractivity contribution < 1.29 is 9.53 Å². The van der Waals surface area contributed by atoms with Gasteiger partial charge >= 0.3 is 0 Å². The van der Waals surface area contributed by atoms with E-state index >= 15 is 0 Å². The second-order valence-corrected chi connectivity index (χ2v) is 7.02. The molecule has 6 nitrogen and oxygen atoms in total. The molecule has 3 aromatic rings. The zero-order valence-corrected chi connectivity index (χ0v) is 15.4. The lowest BCUT2D eigenvalue weighted by Crippen LogP contribution is -2.44. The highest BCUT2D eigenvalue weighted by Gasteiger charge is 2.28. The number of hydrogen-bond acceptors (Lipinski definition) is 4. The number of nitrogens with one attached hydrogen (secondary N) is 1. The molecule has 2 aromatic carbocycles. The van der Waals surface area contributed by atoms with Gasteiger partial charge in [-0.15, -0.1) is 0 Å². The van der Waals surface area contributed by atoms with E-state index in [2.05, 4.69) is 26.1 Å². The number of halogens is 1. The van der Waals surface area contributed by atoms with Crippen molar-refractivity contribution >= 4 is 32.7 Å². The molecule has 0 radical (unpaired) electrons. The summed E-state index contributed by atoms with van der Waals surface area (Å²) in [7, 11) is 0. The minimum atomic E-state index is -0.373. The number of ether oxygens (including phenoxy) is 1. The van der Waals surface area contributed by atoms with Crippen LogP contribution in [-0.4, -0.2) is 40.7 Å². The molecule has 4 rings (SSSR count). The van der Waals surface area contributed by atoms with E-state index in [9.17, 15) is 9.59 Å². The van der Waals surface area contributed by atoms with Crippen LogP contribution >= 0.6 is 15.9 Å². The first-order valence-corrected chi connectivity index (χ1v) is 9.06. The van der Waals surface area contributed by atoms with E-state index < -0.39 is 0 Å². The molecule has 1 aliphatic heterocycles. The lowest BCUT2D eigenvalue weighted by atomic mass is 10.1. The van der Waals surface area contributed by atoms with E-state index in [0.717, 1.165) is 10.0 Å². The van der Waals surface area contributed by atoms with Crippen molar-refractivity contribution in [3.8, 4) is 0 Å². The number of hydrogen-bond donors (Lipinski definition) is 1. The summed E-state index contributed by atoms with van der Waals surface area (Å²) in [5, 5.41) is 7.27. The molecule has 1 saturated heterocycles. The minimum absolute atomic E-state index is 0.0832. The van der Waals surface area contributed by atoms with Gasteiger partial charge < -0.3 is 9.64 Å². The molecule has 1 atom stereocenters. The van der Waals surface area contributed by atoms with Crippen LogP contribution in [0.1, 0.15) is 22.2 Å². The summed E-state index contributed by atoms with van der Waals surface area (Å²) in [6.45, 7) is 1.23. The van der Waals surface area contributed by atoms with Crippen LogP contribution in [-0.2, 0) is 4.74 Å². The van der Waals surface area contributed by atoms with Crippen molar-refractivity contribution in [1.29, 1.82) is 0 Å². The first-order valence-electron chi connectivity index (χ1n) is 8.27. The first-order chi connectivity index (χ1) is 12.6. The van der Waals surface area contributed by atoms with Gasteiger partial charge in [-0.05, 0) is 29.8 Å². The van der Waals surface area contributed by atoms with Crippen molar-refractivity contribution in [2.45, 2.75) is 6.10 Å². The Balaban J connectivity index is 1.61. The van der Waals surface area contributed by atoms with Crippen LogP contribution in [0, 0.1) is 0 Å². The number of fused-ring (bicyclic) bond motifs is 1. The standard InChI is InChI=1S/C19H16BrN3O3/c20-13-7-5-12(6-8-13)16-11-23(9-10-26-16)19(25)17-18(24)14-3-1-2-4-15(14)21-22-17/h1-8,16H,9-11H2,(H,21,24). The Morgan fingerprint density at radius 1 is 1.19 bits per heavy atom. The van der Waals surface area contributed by atoms with Gasteiger partial charge in [0.2, 0.25) is 5.43 Å². The topological polar surface area (TPSA) is 75.3 Å². The SMILES string of the molecule is O=C(c1n[nH]c2ccccc2c1=O)N1CCOC(c2ccc(Br)cc2)C1. The summed E-state index contributed by atoms with van der Waals surface area (Å²) in [5.74, 6) is -0.373. The lowest BCUT2D eigenvalue weighted by Gasteiger charge is -2.32. The number of carbonyl (C=O) groups is 1. The molecule has 1 unspecified atom stereocenters. The second kappa shape index (κ2) is 7.01. The van der Waals surface area contributed by atoms with Gasteiger partial charge in [0.1, 0.15) is 6.10 Å². The maximum absolute atomic E-state index is 12.9. The molecule has 26 heavy (non-hydrogen) atoms. The van der Waals surface area contributed by atoms with E-state index in [4.69, 9.17) is 4.74 Å². The fraction of sp³-hybridized carbons (Fsp3) is 0.211. The van der Waals surface area contributed by atoms with Crippen LogP contribution in [0.15, 0.2) is 57.8 Å². The minimum Gasteiger partial charge on any atom is -0.370 e. The van der Waals surface area contributed by atoms with Crippen molar-refractivity contribution in [3.63, 3.8) is 0 Å². The predicted octanol–water partition coefficient (Wildman–Crippen LogP) is 2.90. The average molecular weight is 414 g/mol. The maximum Gasteiger partial charge on any atom is 0.278 e. The lowest BCUT2D eigenvalue weighted by molar-refractivity contribution is -0.0230. The van der Waals surface area contributed by atoms with Crippen molar-refractivity contribution in [1.82, 2.24) is 15.1 Å². The molecule has 0 bridgehead atoms. The fourth-order valence-corrected chi connectivity index (χ4v) is 3.34. The zero-order chi connectivity index (χ0) is 18.1. The molecule has 0 saturated carbocycles. The van der Waals surface area contributed by atoms with Gasteiger partial charge in [0.15, 0.2) is 5.69 Å². The molecule has 1 N–H and O–H groups in total. The monoisotopic (exact) mass is 413 g/mol. The van der Waals surface area contributed by atoms with Gasteiger partial charge in [0.05, 0.1) is 18.7 Å².